The first kappa shape index (κ1) is 18.6. The Morgan fingerprint density at radius 3 is 2.12 bits per heavy atom. The van der Waals surface area contributed by atoms with E-state index in [1.165, 1.54) is 24.3 Å². The second-order valence-electron chi connectivity index (χ2n) is 7.44. The van der Waals surface area contributed by atoms with Gasteiger partial charge in [0.1, 0.15) is 11.6 Å². The molecule has 1 amide bonds. The van der Waals surface area contributed by atoms with E-state index in [0.29, 0.717) is 6.54 Å². The lowest BCUT2D eigenvalue weighted by Gasteiger charge is -2.29. The van der Waals surface area contributed by atoms with Crippen LogP contribution in [0.1, 0.15) is 43.7 Å². The fourth-order valence-electron chi connectivity index (χ4n) is 3.93. The molecule has 1 N–H and O–H groups in total. The number of carbonyl (C=O) groups excluding carboxylic acids is 1. The molecule has 1 aliphatic rings. The van der Waals surface area contributed by atoms with Crippen LogP contribution < -0.4 is 5.32 Å². The first-order valence-corrected chi connectivity index (χ1v) is 9.28. The van der Waals surface area contributed by atoms with Crippen molar-refractivity contribution in [2.45, 2.75) is 44.4 Å². The van der Waals surface area contributed by atoms with Crippen molar-refractivity contribution >= 4 is 5.91 Å². The lowest BCUT2D eigenvalue weighted by Crippen LogP contribution is -2.44. The van der Waals surface area contributed by atoms with Crippen LogP contribution in [0.5, 0.6) is 0 Å². The molecular formula is C22H25F2NO. The van der Waals surface area contributed by atoms with Gasteiger partial charge in [-0.25, -0.2) is 8.78 Å². The van der Waals surface area contributed by atoms with Gasteiger partial charge in [-0.2, -0.15) is 0 Å². The average Bonchev–Trinajstić information content (AvgIpc) is 3.13. The monoisotopic (exact) mass is 357 g/mol. The van der Waals surface area contributed by atoms with Crippen LogP contribution in [-0.2, 0) is 16.6 Å². The molecule has 1 atom stereocenters. The molecule has 2 nitrogen and oxygen atoms in total. The normalized spacial score (nSPS) is 17.0. The second-order valence-corrected chi connectivity index (χ2v) is 7.44. The summed E-state index contributed by atoms with van der Waals surface area (Å²) in [6, 6.07) is 12.8. The van der Waals surface area contributed by atoms with Crippen molar-refractivity contribution in [1.82, 2.24) is 5.32 Å². The van der Waals surface area contributed by atoms with Gasteiger partial charge in [-0.3, -0.25) is 4.79 Å². The molecular weight excluding hydrogens is 332 g/mol. The summed E-state index contributed by atoms with van der Waals surface area (Å²) >= 11 is 0. The SMILES string of the molecule is CC(CNC(=O)C1(c2ccc(F)cc2)CCCC1)Cc1ccc(F)cc1. The number of benzene rings is 2. The Balaban J connectivity index is 1.63. The van der Waals surface area contributed by atoms with Crippen LogP contribution in [0.3, 0.4) is 0 Å². The molecule has 3 rings (SSSR count). The Morgan fingerprint density at radius 2 is 1.54 bits per heavy atom. The van der Waals surface area contributed by atoms with E-state index < -0.39 is 5.41 Å². The highest BCUT2D eigenvalue weighted by Crippen LogP contribution is 2.41. The number of amides is 1. The Hall–Kier alpha value is -2.23. The third-order valence-electron chi connectivity index (χ3n) is 5.40. The standard InChI is InChI=1S/C22H25F2NO/c1-16(14-17-4-8-19(23)9-5-17)15-25-21(26)22(12-2-3-13-22)18-6-10-20(24)11-7-18/h4-11,16H,2-3,12-15H2,1H3,(H,25,26). The quantitative estimate of drug-likeness (QED) is 0.793. The highest BCUT2D eigenvalue weighted by atomic mass is 19.1. The molecule has 0 heterocycles. The topological polar surface area (TPSA) is 29.1 Å². The minimum atomic E-state index is -0.538. The molecule has 0 radical (unpaired) electrons. The van der Waals surface area contributed by atoms with Crippen molar-refractivity contribution in [3.63, 3.8) is 0 Å². The molecule has 1 saturated carbocycles. The molecule has 138 valence electrons. The van der Waals surface area contributed by atoms with Gasteiger partial charge >= 0.3 is 0 Å². The number of rotatable bonds is 6. The van der Waals surface area contributed by atoms with Crippen molar-refractivity contribution in [2.75, 3.05) is 6.54 Å². The fraction of sp³-hybridized carbons (Fsp3) is 0.409. The number of carbonyl (C=O) groups is 1. The first-order chi connectivity index (χ1) is 12.5. The summed E-state index contributed by atoms with van der Waals surface area (Å²) in [6.45, 7) is 2.64. The predicted octanol–water partition coefficient (Wildman–Crippen LogP) is 4.77. The molecule has 0 saturated heterocycles. The average molecular weight is 357 g/mol. The van der Waals surface area contributed by atoms with Crippen molar-refractivity contribution in [3.05, 3.63) is 71.3 Å². The summed E-state index contributed by atoms with van der Waals surface area (Å²) in [5, 5.41) is 3.10. The van der Waals surface area contributed by atoms with Gasteiger partial charge in [0.2, 0.25) is 5.91 Å². The van der Waals surface area contributed by atoms with Crippen molar-refractivity contribution in [2.24, 2.45) is 5.92 Å². The maximum Gasteiger partial charge on any atom is 0.230 e. The summed E-state index contributed by atoms with van der Waals surface area (Å²) in [4.78, 5) is 13.0. The third kappa shape index (κ3) is 4.12. The van der Waals surface area contributed by atoms with Gasteiger partial charge in [0.05, 0.1) is 5.41 Å². The Kier molecular flexibility index (Phi) is 5.70. The van der Waals surface area contributed by atoms with Crippen molar-refractivity contribution in [3.8, 4) is 0 Å². The molecule has 4 heteroatoms. The molecule has 0 aromatic heterocycles. The Bertz CT molecular complexity index is 734. The maximum absolute atomic E-state index is 13.3. The predicted molar refractivity (Wildman–Crippen MR) is 98.8 cm³/mol. The van der Waals surface area contributed by atoms with E-state index in [9.17, 15) is 13.6 Å². The summed E-state index contributed by atoms with van der Waals surface area (Å²) in [5.74, 6) is -0.240. The van der Waals surface area contributed by atoms with Crippen LogP contribution >= 0.6 is 0 Å². The molecule has 1 fully saturated rings. The summed E-state index contributed by atoms with van der Waals surface area (Å²) in [7, 11) is 0. The zero-order valence-electron chi connectivity index (χ0n) is 15.1. The van der Waals surface area contributed by atoms with Gasteiger partial charge in [-0.15, -0.1) is 0 Å². The van der Waals surface area contributed by atoms with E-state index in [1.807, 2.05) is 0 Å². The van der Waals surface area contributed by atoms with E-state index in [1.54, 1.807) is 24.3 Å². The van der Waals surface area contributed by atoms with E-state index in [4.69, 9.17) is 0 Å². The smallest absolute Gasteiger partial charge is 0.230 e. The molecule has 0 bridgehead atoms. The third-order valence-corrected chi connectivity index (χ3v) is 5.40. The van der Waals surface area contributed by atoms with Crippen LogP contribution in [0.2, 0.25) is 0 Å². The van der Waals surface area contributed by atoms with Gasteiger partial charge < -0.3 is 5.32 Å². The van der Waals surface area contributed by atoms with Gasteiger partial charge in [0.25, 0.3) is 0 Å². The maximum atomic E-state index is 13.3. The molecule has 2 aromatic rings. The second kappa shape index (κ2) is 7.98. The fourth-order valence-corrected chi connectivity index (χ4v) is 3.93. The van der Waals surface area contributed by atoms with Crippen LogP contribution in [0, 0.1) is 17.6 Å². The number of halogens is 2. The molecule has 1 unspecified atom stereocenters. The summed E-state index contributed by atoms with van der Waals surface area (Å²) in [5.41, 5.74) is 1.42. The molecule has 0 aliphatic heterocycles. The lowest BCUT2D eigenvalue weighted by molar-refractivity contribution is -0.126. The zero-order valence-corrected chi connectivity index (χ0v) is 15.1. The lowest BCUT2D eigenvalue weighted by atomic mass is 9.78. The van der Waals surface area contributed by atoms with Crippen molar-refractivity contribution < 1.29 is 13.6 Å². The highest BCUT2D eigenvalue weighted by molar-refractivity contribution is 5.88. The van der Waals surface area contributed by atoms with Crippen LogP contribution in [0.15, 0.2) is 48.5 Å². The van der Waals surface area contributed by atoms with E-state index >= 15 is 0 Å². The van der Waals surface area contributed by atoms with Gasteiger partial charge in [0.15, 0.2) is 0 Å². The van der Waals surface area contributed by atoms with E-state index in [0.717, 1.165) is 43.2 Å². The van der Waals surface area contributed by atoms with E-state index in [-0.39, 0.29) is 23.5 Å². The summed E-state index contributed by atoms with van der Waals surface area (Å²) in [6.07, 6.45) is 4.41. The largest absolute Gasteiger partial charge is 0.355 e. The summed E-state index contributed by atoms with van der Waals surface area (Å²) < 4.78 is 26.3. The van der Waals surface area contributed by atoms with E-state index in [2.05, 4.69) is 12.2 Å². The highest BCUT2D eigenvalue weighted by Gasteiger charge is 2.42. The number of hydrogen-bond donors (Lipinski definition) is 1. The molecule has 2 aromatic carbocycles. The van der Waals surface area contributed by atoms with Gasteiger partial charge in [-0.05, 0) is 60.6 Å². The van der Waals surface area contributed by atoms with Gasteiger partial charge in [0, 0.05) is 6.54 Å². The minimum Gasteiger partial charge on any atom is -0.355 e. The van der Waals surface area contributed by atoms with Crippen LogP contribution in [-0.4, -0.2) is 12.5 Å². The zero-order chi connectivity index (χ0) is 18.6. The van der Waals surface area contributed by atoms with Crippen molar-refractivity contribution in [1.29, 1.82) is 0 Å². The molecule has 1 aliphatic carbocycles. The first-order valence-electron chi connectivity index (χ1n) is 9.28. The minimum absolute atomic E-state index is 0.0348. The number of nitrogens with one attached hydrogen (secondary N) is 1. The Morgan fingerprint density at radius 1 is 1.00 bits per heavy atom. The Labute approximate surface area is 153 Å². The van der Waals surface area contributed by atoms with Crippen LogP contribution in [0.4, 0.5) is 8.78 Å². The molecule has 26 heavy (non-hydrogen) atoms. The van der Waals surface area contributed by atoms with Crippen LogP contribution in [0.25, 0.3) is 0 Å². The van der Waals surface area contributed by atoms with Gasteiger partial charge in [-0.1, -0.05) is 44.0 Å². The molecule has 0 spiro atoms. The number of hydrogen-bond acceptors (Lipinski definition) is 1.